The van der Waals surface area contributed by atoms with Crippen molar-refractivity contribution in [3.05, 3.63) is 41.9 Å². The predicted molar refractivity (Wildman–Crippen MR) is 110 cm³/mol. The van der Waals surface area contributed by atoms with Crippen LogP contribution in [0.4, 0.5) is 5.82 Å². The Hall–Kier alpha value is -3.06. The molecule has 0 saturated carbocycles. The van der Waals surface area contributed by atoms with Gasteiger partial charge in [-0.3, -0.25) is 4.57 Å². The van der Waals surface area contributed by atoms with Gasteiger partial charge < -0.3 is 19.9 Å². The van der Waals surface area contributed by atoms with Gasteiger partial charge in [-0.1, -0.05) is 0 Å². The van der Waals surface area contributed by atoms with Crippen LogP contribution in [0.25, 0.3) is 17.0 Å². The van der Waals surface area contributed by atoms with Crippen molar-refractivity contribution in [1.29, 1.82) is 5.26 Å². The number of pyridine rings is 2. The molecule has 1 unspecified atom stereocenters. The third-order valence-electron chi connectivity index (χ3n) is 5.08. The van der Waals surface area contributed by atoms with Gasteiger partial charge in [-0.25, -0.2) is 15.0 Å². The SMILES string of the molecule is CCOCC(O)c1cc2ncn(-c3ccc(C#N)cn3)c2nc1NC1CCOCC1. The van der Waals surface area contributed by atoms with Gasteiger partial charge in [0.25, 0.3) is 0 Å². The van der Waals surface area contributed by atoms with E-state index in [1.54, 1.807) is 23.0 Å². The number of nitrogens with zero attached hydrogens (tertiary/aromatic N) is 5. The molecular weight excluding hydrogens is 384 g/mol. The molecule has 0 bridgehead atoms. The standard InChI is InChI=1S/C21H24N6O3/c1-2-29-12-18(28)16-9-17-21(26-20(16)25-15-5-7-30-8-6-15)27(13-24-17)19-4-3-14(10-22)11-23-19/h3-4,9,11,13,15,18,28H,2,5-8,12H2,1H3,(H,25,26). The molecule has 0 aromatic carbocycles. The van der Waals surface area contributed by atoms with E-state index in [2.05, 4.69) is 21.4 Å². The summed E-state index contributed by atoms with van der Waals surface area (Å²) < 4.78 is 12.6. The molecule has 0 radical (unpaired) electrons. The molecule has 0 amide bonds. The Morgan fingerprint density at radius 2 is 2.20 bits per heavy atom. The summed E-state index contributed by atoms with van der Waals surface area (Å²) in [4.78, 5) is 13.6. The molecule has 2 N–H and O–H groups in total. The highest BCUT2D eigenvalue weighted by atomic mass is 16.5. The minimum absolute atomic E-state index is 0.185. The Labute approximate surface area is 174 Å². The van der Waals surface area contributed by atoms with E-state index in [4.69, 9.17) is 19.7 Å². The number of fused-ring (bicyclic) bond motifs is 1. The number of rotatable bonds is 7. The summed E-state index contributed by atoms with van der Waals surface area (Å²) >= 11 is 0. The number of nitriles is 1. The number of aliphatic hydroxyl groups is 1. The lowest BCUT2D eigenvalue weighted by molar-refractivity contribution is 0.0422. The smallest absolute Gasteiger partial charge is 0.168 e. The number of anilines is 1. The van der Waals surface area contributed by atoms with Gasteiger partial charge in [0, 0.05) is 37.6 Å². The van der Waals surface area contributed by atoms with Crippen LogP contribution in [0, 0.1) is 11.3 Å². The average molecular weight is 408 g/mol. The first-order chi connectivity index (χ1) is 14.7. The van der Waals surface area contributed by atoms with Crippen LogP contribution < -0.4 is 5.32 Å². The Morgan fingerprint density at radius 1 is 1.37 bits per heavy atom. The molecule has 1 atom stereocenters. The monoisotopic (exact) mass is 408 g/mol. The van der Waals surface area contributed by atoms with Gasteiger partial charge in [-0.05, 0) is 38.0 Å². The van der Waals surface area contributed by atoms with Gasteiger partial charge >= 0.3 is 0 Å². The molecule has 1 fully saturated rings. The van der Waals surface area contributed by atoms with Crippen molar-refractivity contribution < 1.29 is 14.6 Å². The van der Waals surface area contributed by atoms with E-state index >= 15 is 0 Å². The number of hydrogen-bond acceptors (Lipinski definition) is 8. The third kappa shape index (κ3) is 4.26. The Balaban J connectivity index is 1.74. The maximum atomic E-state index is 10.7. The second-order valence-electron chi connectivity index (χ2n) is 7.11. The van der Waals surface area contributed by atoms with Crippen LogP contribution in [0.2, 0.25) is 0 Å². The minimum atomic E-state index is -0.817. The molecule has 4 rings (SSSR count). The van der Waals surface area contributed by atoms with E-state index in [0.717, 1.165) is 12.8 Å². The molecule has 9 nitrogen and oxygen atoms in total. The molecule has 1 saturated heterocycles. The number of nitrogens with one attached hydrogen (secondary N) is 1. The van der Waals surface area contributed by atoms with Gasteiger partial charge in [-0.15, -0.1) is 0 Å². The fourth-order valence-electron chi connectivity index (χ4n) is 3.44. The number of ether oxygens (including phenoxy) is 2. The second-order valence-corrected chi connectivity index (χ2v) is 7.11. The number of aliphatic hydroxyl groups excluding tert-OH is 1. The molecule has 0 aliphatic carbocycles. The number of hydrogen-bond donors (Lipinski definition) is 2. The van der Waals surface area contributed by atoms with Crippen molar-refractivity contribution in [2.24, 2.45) is 0 Å². The van der Waals surface area contributed by atoms with Crippen LogP contribution in [0.3, 0.4) is 0 Å². The first kappa shape index (κ1) is 20.2. The van der Waals surface area contributed by atoms with E-state index in [0.29, 0.717) is 53.7 Å². The van der Waals surface area contributed by atoms with E-state index in [9.17, 15) is 5.11 Å². The Bertz CT molecular complexity index is 1040. The lowest BCUT2D eigenvalue weighted by Gasteiger charge is -2.25. The molecule has 1 aliphatic rings. The highest BCUT2D eigenvalue weighted by Crippen LogP contribution is 2.28. The van der Waals surface area contributed by atoms with Crippen molar-refractivity contribution in [3.8, 4) is 11.9 Å². The maximum Gasteiger partial charge on any atom is 0.168 e. The van der Waals surface area contributed by atoms with Crippen molar-refractivity contribution in [2.75, 3.05) is 31.7 Å². The molecule has 4 heterocycles. The molecule has 1 aliphatic heterocycles. The maximum absolute atomic E-state index is 10.7. The quantitative estimate of drug-likeness (QED) is 0.612. The Morgan fingerprint density at radius 3 is 2.90 bits per heavy atom. The first-order valence-corrected chi connectivity index (χ1v) is 10.0. The van der Waals surface area contributed by atoms with Crippen molar-refractivity contribution in [1.82, 2.24) is 19.5 Å². The largest absolute Gasteiger partial charge is 0.386 e. The zero-order valence-electron chi connectivity index (χ0n) is 16.8. The molecular formula is C21H24N6O3. The van der Waals surface area contributed by atoms with E-state index in [1.165, 1.54) is 6.20 Å². The second kappa shape index (κ2) is 9.17. The van der Waals surface area contributed by atoms with Crippen molar-refractivity contribution in [2.45, 2.75) is 31.9 Å². The van der Waals surface area contributed by atoms with Crippen molar-refractivity contribution in [3.63, 3.8) is 0 Å². The summed E-state index contributed by atoms with van der Waals surface area (Å²) in [5.74, 6) is 1.22. The van der Waals surface area contributed by atoms with Crippen LogP contribution in [0.1, 0.15) is 37.0 Å². The van der Waals surface area contributed by atoms with Crippen LogP contribution in [0.15, 0.2) is 30.7 Å². The molecule has 3 aromatic heterocycles. The molecule has 3 aromatic rings. The van der Waals surface area contributed by atoms with E-state index < -0.39 is 6.10 Å². The molecule has 30 heavy (non-hydrogen) atoms. The van der Waals surface area contributed by atoms with Gasteiger partial charge in [0.2, 0.25) is 0 Å². The van der Waals surface area contributed by atoms with Gasteiger partial charge in [0.05, 0.1) is 12.2 Å². The molecule has 0 spiro atoms. The van der Waals surface area contributed by atoms with Crippen LogP contribution in [-0.4, -0.2) is 57.1 Å². The number of imidazole rings is 1. The zero-order chi connectivity index (χ0) is 20.9. The average Bonchev–Trinajstić information content (AvgIpc) is 3.20. The van der Waals surface area contributed by atoms with E-state index in [1.807, 2.05) is 13.0 Å². The fourth-order valence-corrected chi connectivity index (χ4v) is 3.44. The van der Waals surface area contributed by atoms with Gasteiger partial charge in [0.1, 0.15) is 35.7 Å². The number of aromatic nitrogens is 4. The summed E-state index contributed by atoms with van der Waals surface area (Å²) in [5.41, 5.74) is 2.40. The fraction of sp³-hybridized carbons (Fsp3) is 0.429. The van der Waals surface area contributed by atoms with Crippen LogP contribution in [0.5, 0.6) is 0 Å². The first-order valence-electron chi connectivity index (χ1n) is 10.0. The lowest BCUT2D eigenvalue weighted by atomic mass is 10.1. The zero-order valence-corrected chi connectivity index (χ0v) is 16.8. The summed E-state index contributed by atoms with van der Waals surface area (Å²) in [5, 5.41) is 23.2. The summed E-state index contributed by atoms with van der Waals surface area (Å²) in [7, 11) is 0. The molecule has 156 valence electrons. The topological polar surface area (TPSA) is 118 Å². The normalized spacial score (nSPS) is 15.8. The third-order valence-corrected chi connectivity index (χ3v) is 5.08. The minimum Gasteiger partial charge on any atom is -0.386 e. The summed E-state index contributed by atoms with van der Waals surface area (Å²) in [6.45, 7) is 3.99. The van der Waals surface area contributed by atoms with Crippen LogP contribution >= 0.6 is 0 Å². The summed E-state index contributed by atoms with van der Waals surface area (Å²) in [6, 6.07) is 7.58. The molecule has 9 heteroatoms. The lowest BCUT2D eigenvalue weighted by Crippen LogP contribution is -2.29. The van der Waals surface area contributed by atoms with Gasteiger partial charge in [-0.2, -0.15) is 5.26 Å². The van der Waals surface area contributed by atoms with Gasteiger partial charge in [0.15, 0.2) is 5.65 Å². The Kier molecular flexibility index (Phi) is 6.18. The highest BCUT2D eigenvalue weighted by Gasteiger charge is 2.22. The van der Waals surface area contributed by atoms with Crippen LogP contribution in [-0.2, 0) is 9.47 Å². The van der Waals surface area contributed by atoms with E-state index in [-0.39, 0.29) is 12.6 Å². The van der Waals surface area contributed by atoms with Crippen molar-refractivity contribution >= 4 is 17.0 Å². The summed E-state index contributed by atoms with van der Waals surface area (Å²) in [6.07, 6.45) is 4.09. The predicted octanol–water partition coefficient (Wildman–Crippen LogP) is 2.35. The highest BCUT2D eigenvalue weighted by molar-refractivity contribution is 5.77.